The molecular weight excluding hydrogens is 1790 g/mol. The van der Waals surface area contributed by atoms with Crippen molar-refractivity contribution in [1.29, 1.82) is 0 Å². The predicted molar refractivity (Wildman–Crippen MR) is 301 cm³/mol. The molecule has 13 atom stereocenters. The van der Waals surface area contributed by atoms with Crippen LogP contribution in [0.2, 0.25) is 6.55 Å². The maximum atomic E-state index is 14.3. The number of aryl methyl sites for hydroxylation is 1. The van der Waals surface area contributed by atoms with Crippen LogP contribution < -0.4 is 4.90 Å². The monoisotopic (exact) mass is 1830 g/mol. The van der Waals surface area contributed by atoms with Crippen LogP contribution >= 0.6 is 24.1 Å². The summed E-state index contributed by atoms with van der Waals surface area (Å²) in [4.78, 5) is 130. The first kappa shape index (κ1) is 95.0. The second-order valence-electron chi connectivity index (χ2n) is 18.4. The van der Waals surface area contributed by atoms with Crippen molar-refractivity contribution in [1.82, 2.24) is 0 Å². The van der Waals surface area contributed by atoms with Crippen molar-refractivity contribution in [3.8, 4) is 5.75 Å². The van der Waals surface area contributed by atoms with Gasteiger partial charge < -0.3 is 102 Å². The van der Waals surface area contributed by atoms with Gasteiger partial charge in [0.1, 0.15) is 42.4 Å². The van der Waals surface area contributed by atoms with Gasteiger partial charge in [-0.15, -0.1) is 21.7 Å². The van der Waals surface area contributed by atoms with E-state index in [1.165, 1.54) is 0 Å². The number of hydrogen-bond acceptors (Lipinski definition) is 62. The Kier molecular flexibility index (Phi) is 32.6. The predicted octanol–water partition coefficient (Wildman–Crippen LogP) is -14.1. The molecule has 2 fully saturated rings. The lowest BCUT2D eigenvalue weighted by Crippen LogP contribution is -2.70. The quantitative estimate of drug-likeness (QED) is 0.00720. The summed E-state index contributed by atoms with van der Waals surface area (Å²) in [5, 5.41) is 59.0. The summed E-state index contributed by atoms with van der Waals surface area (Å²) in [7, 11) is -103. The fourth-order valence-electron chi connectivity index (χ4n) is 7.86. The zero-order valence-corrected chi connectivity index (χ0v) is 63.6. The van der Waals surface area contributed by atoms with Crippen LogP contribution in [-0.4, -0.2) is 317 Å². The van der Waals surface area contributed by atoms with Gasteiger partial charge in [0, 0.05) is 38.2 Å². The Balaban J connectivity index is 2.50. The maximum Gasteiger partial charge on any atom is 0.713 e. The third-order valence-electron chi connectivity index (χ3n) is 10.7. The third kappa shape index (κ3) is 28.3. The smallest absolute Gasteiger partial charge is 0.506 e. The summed E-state index contributed by atoms with van der Waals surface area (Å²) < 4.78 is 327. The van der Waals surface area contributed by atoms with Gasteiger partial charge in [-0.25, -0.2) is 64.1 Å². The number of aromatic hydroxyl groups is 1. The molecule has 0 aliphatic carbocycles. The van der Waals surface area contributed by atoms with Crippen LogP contribution in [0.3, 0.4) is 0 Å². The van der Waals surface area contributed by atoms with E-state index in [2.05, 4.69) is 95.2 Å². The highest BCUT2D eigenvalue weighted by molar-refractivity contribution is 7.97. The average Bonchev–Trinajstić information content (AvgIpc) is 0.692. The van der Waals surface area contributed by atoms with Crippen LogP contribution in [0.1, 0.15) is 11.1 Å². The zero-order chi connectivity index (χ0) is 79.3. The van der Waals surface area contributed by atoms with Crippen molar-refractivity contribution in [3.63, 3.8) is 0 Å². The van der Waals surface area contributed by atoms with Gasteiger partial charge in [-0.05, 0) is 34.7 Å². The van der Waals surface area contributed by atoms with E-state index in [0.29, 0.717) is 13.0 Å². The summed E-state index contributed by atoms with van der Waals surface area (Å²) in [6.45, 7) is -1.85. The van der Waals surface area contributed by atoms with Gasteiger partial charge in [-0.1, -0.05) is 5.04 Å². The van der Waals surface area contributed by atoms with E-state index in [1.807, 2.05) is 0 Å². The van der Waals surface area contributed by atoms with Gasteiger partial charge >= 0.3 is 145 Å². The molecule has 2 heterocycles. The lowest BCUT2D eigenvalue weighted by Gasteiger charge is -2.49. The second kappa shape index (κ2) is 35.0. The molecule has 102 heavy (non-hydrogen) atoms. The molecule has 0 amide bonds. The minimum atomic E-state index is -8.33. The summed E-state index contributed by atoms with van der Waals surface area (Å²) in [6.07, 6.45) is -21.3. The number of ether oxygens (including phenoxy) is 2. The number of phenolic OH excluding ortho intramolecular Hbond substituents is 1. The molecule has 0 aromatic heterocycles. The standard InChI is InChI=1S/C22H49NO62S10Si7/c1-9-5-12(24)11(23(2)3)6-10(9)22(90(34,35)73-29)20(89(32,33)72-28)18(15(65-92(39,40)41)13(64-22)7-62-91(36,37)38)68-95(47,48)80-102(61,85-100(58,59)83-98(53,54)55)84-99(56,57)77-78-101(60,82-96(4,49)81-97(50,51)52)79-94(45,46)67-17-16(66-93(42,43)44)14(8-86-75-70-26)63-21(87-76-74-69-25)19(17)88(30,31)71-27/h5-6,13-21,24-29,49-61H,7-8H2,1-4H3,(H,36,37,38)(H,39,40,41)(H,42,43,44). The Labute approximate surface area is 582 Å². The van der Waals surface area contributed by atoms with Crippen molar-refractivity contribution < 1.29 is 279 Å². The molecule has 0 saturated carbocycles. The van der Waals surface area contributed by atoms with Gasteiger partial charge in [0.2, 0.25) is 4.93 Å². The number of hydrogen-bond donors (Lipinski definition) is 22. The lowest BCUT2D eigenvalue weighted by atomic mass is 9.90. The van der Waals surface area contributed by atoms with Crippen LogP contribution in [0.15, 0.2) is 12.1 Å². The van der Waals surface area contributed by atoms with E-state index >= 15 is 0 Å². The molecular formula is C22H49NO62S10Si7. The molecule has 2 saturated heterocycles. The van der Waals surface area contributed by atoms with Crippen LogP contribution in [0.4, 0.5) is 5.69 Å². The second-order valence-corrected chi connectivity index (χ2v) is 44.2. The van der Waals surface area contributed by atoms with E-state index < -0.39 is 250 Å². The molecule has 22 N–H and O–H groups in total. The van der Waals surface area contributed by atoms with Crippen molar-refractivity contribution in [2.45, 2.75) is 71.0 Å². The van der Waals surface area contributed by atoms with E-state index in [9.17, 15) is 164 Å². The largest absolute Gasteiger partial charge is 0.713 e. The number of benzene rings is 1. The van der Waals surface area contributed by atoms with Crippen molar-refractivity contribution in [3.05, 3.63) is 23.3 Å². The van der Waals surface area contributed by atoms with Crippen LogP contribution in [0.25, 0.3) is 0 Å². The normalized spacial score (nSPS) is 25.5. The molecule has 1 aromatic rings. The molecule has 1 aromatic carbocycles. The van der Waals surface area contributed by atoms with Crippen LogP contribution in [0.5, 0.6) is 5.75 Å². The number of phenols is 1. The van der Waals surface area contributed by atoms with E-state index in [4.69, 9.17) is 20.0 Å². The number of anilines is 1. The minimum absolute atomic E-state index is 0.0953. The molecule has 63 nitrogen and oxygen atoms in total. The van der Waals surface area contributed by atoms with E-state index in [1.54, 1.807) is 0 Å². The topological polar surface area (TPSA) is 943 Å². The summed E-state index contributed by atoms with van der Waals surface area (Å²) >= 11 is -0.947. The van der Waals surface area contributed by atoms with E-state index in [0.717, 1.165) is 19.0 Å². The first-order valence-corrected chi connectivity index (χ1v) is 48.9. The first-order valence-electron chi connectivity index (χ1n) is 23.6. The SMILES string of the molecule is Cc1cc(O)c(N(C)C)cc1C1(S(=O)(=O)OO)OC(COS(=O)(=O)O)C(OS(=O)(=O)O)C(OS(=O)(=O)O[Si](O)(O[Si](O)(O)OO[Si](O)(O[Si](C)(O)O[Si](O)(O)O)OS(=O)(=O)OC2C(OS(=O)(=O)O)C(CSOOO)OC(SOOOO)C2S(=O)(=O)OO)O[Si](O)(O)O[Si](O)(O)O)C1S(=O)(=O)OO. The summed E-state index contributed by atoms with van der Waals surface area (Å²) in [5.41, 5.74) is -6.13. The molecule has 80 heteroatoms. The Morgan fingerprint density at radius 2 is 1.06 bits per heavy atom. The highest BCUT2D eigenvalue weighted by Crippen LogP contribution is 2.52. The highest BCUT2D eigenvalue weighted by Gasteiger charge is 2.73. The molecule has 602 valence electrons. The zero-order valence-electron chi connectivity index (χ0n) is 48.5. The Bertz CT molecular complexity index is 3950. The maximum absolute atomic E-state index is 14.3. The molecule has 3 rings (SSSR count). The number of rotatable bonds is 44. The van der Waals surface area contributed by atoms with Gasteiger partial charge in [0.15, 0.2) is 15.9 Å². The van der Waals surface area contributed by atoms with Crippen LogP contribution in [0, 0.1) is 6.92 Å². The fraction of sp³-hybridized carbons (Fsp3) is 0.727. The van der Waals surface area contributed by atoms with Gasteiger partial charge in [-0.2, -0.15) is 67.3 Å². The minimum Gasteiger partial charge on any atom is -0.506 e. The van der Waals surface area contributed by atoms with Crippen molar-refractivity contribution in [2.24, 2.45) is 0 Å². The average molecular weight is 1840 g/mol. The summed E-state index contributed by atoms with van der Waals surface area (Å²) in [5.74, 6) is -2.24. The van der Waals surface area contributed by atoms with Crippen LogP contribution in [-0.2, 0) is 192 Å². The molecule has 0 bridgehead atoms. The Hall–Kier alpha value is -1.16. The molecule has 0 radical (unpaired) electrons. The molecule has 2 aliphatic rings. The molecule has 2 aliphatic heterocycles. The Morgan fingerprint density at radius 3 is 1.52 bits per heavy atom. The Morgan fingerprint density at radius 1 is 0.559 bits per heavy atom. The van der Waals surface area contributed by atoms with Crippen molar-refractivity contribution in [2.75, 3.05) is 31.4 Å². The van der Waals surface area contributed by atoms with Crippen molar-refractivity contribution >= 4 is 175 Å². The third-order valence-corrected chi connectivity index (χ3v) is 34.6. The lowest BCUT2D eigenvalue weighted by molar-refractivity contribution is -0.591. The fourth-order valence-corrected chi connectivity index (χ4v) is 30.7. The van der Waals surface area contributed by atoms with Gasteiger partial charge in [0.05, 0.1) is 30.1 Å². The van der Waals surface area contributed by atoms with E-state index in [-0.39, 0.29) is 24.7 Å². The highest BCUT2D eigenvalue weighted by atomic mass is 32.3. The van der Waals surface area contributed by atoms with Gasteiger partial charge in [-0.3, -0.25) is 13.7 Å². The number of nitrogens with zero attached hydrogens (tertiary/aromatic N) is 1. The molecule has 13 unspecified atom stereocenters. The van der Waals surface area contributed by atoms with Gasteiger partial charge in [0.25, 0.3) is 0 Å². The summed E-state index contributed by atoms with van der Waals surface area (Å²) in [6, 6.07) is 0.694. The molecule has 0 spiro atoms. The first-order chi connectivity index (χ1) is 45.6.